The van der Waals surface area contributed by atoms with Crippen molar-refractivity contribution in [1.29, 1.82) is 0 Å². The van der Waals surface area contributed by atoms with E-state index in [1.54, 1.807) is 7.11 Å². The molecular weight excluding hydrogens is 338 g/mol. The normalized spacial score (nSPS) is 16.7. The van der Waals surface area contributed by atoms with Crippen LogP contribution in [0.2, 0.25) is 0 Å². The summed E-state index contributed by atoms with van der Waals surface area (Å²) in [5, 5.41) is 3.00. The summed E-state index contributed by atoms with van der Waals surface area (Å²) in [5.74, 6) is 0.764. The van der Waals surface area contributed by atoms with Crippen LogP contribution in [0.3, 0.4) is 0 Å². The first-order valence-corrected chi connectivity index (χ1v) is 9.52. The molecule has 144 valence electrons. The Kier molecular flexibility index (Phi) is 6.48. The van der Waals surface area contributed by atoms with E-state index in [4.69, 9.17) is 4.74 Å². The third kappa shape index (κ3) is 5.31. The zero-order valence-electron chi connectivity index (χ0n) is 16.4. The van der Waals surface area contributed by atoms with Gasteiger partial charge in [-0.3, -0.25) is 14.6 Å². The van der Waals surface area contributed by atoms with Crippen LogP contribution in [0.5, 0.6) is 5.75 Å². The first-order chi connectivity index (χ1) is 13.0. The van der Waals surface area contributed by atoms with Gasteiger partial charge in [0.05, 0.1) is 13.2 Å². The van der Waals surface area contributed by atoms with Crippen molar-refractivity contribution < 1.29 is 9.53 Å². The van der Waals surface area contributed by atoms with Crippen molar-refractivity contribution in [1.82, 2.24) is 9.80 Å². The highest BCUT2D eigenvalue weighted by molar-refractivity contribution is 5.94. The summed E-state index contributed by atoms with van der Waals surface area (Å²) in [6, 6.07) is 16.0. The van der Waals surface area contributed by atoms with Crippen molar-refractivity contribution in [2.24, 2.45) is 0 Å². The molecule has 1 amide bonds. The van der Waals surface area contributed by atoms with Crippen molar-refractivity contribution in [3.8, 4) is 5.75 Å². The SMILES string of the molecule is COc1cccc(NC(=O)[C@@H](C)N2CCN(Cc3cccc(C)c3)CC2)c1. The number of aryl methyl sites for hydroxylation is 1. The summed E-state index contributed by atoms with van der Waals surface area (Å²) in [4.78, 5) is 17.3. The van der Waals surface area contributed by atoms with Crippen molar-refractivity contribution in [3.05, 3.63) is 59.7 Å². The van der Waals surface area contributed by atoms with E-state index in [0.29, 0.717) is 0 Å². The zero-order valence-corrected chi connectivity index (χ0v) is 16.4. The van der Waals surface area contributed by atoms with Gasteiger partial charge < -0.3 is 10.1 Å². The highest BCUT2D eigenvalue weighted by Crippen LogP contribution is 2.18. The molecule has 0 saturated carbocycles. The van der Waals surface area contributed by atoms with E-state index in [2.05, 4.69) is 46.3 Å². The number of rotatable bonds is 6. The second kappa shape index (κ2) is 9.02. The van der Waals surface area contributed by atoms with Crippen molar-refractivity contribution in [2.75, 3.05) is 38.6 Å². The van der Waals surface area contributed by atoms with Crippen molar-refractivity contribution in [2.45, 2.75) is 26.4 Å². The zero-order chi connectivity index (χ0) is 19.2. The Labute approximate surface area is 161 Å². The molecule has 1 atom stereocenters. The maximum Gasteiger partial charge on any atom is 0.241 e. The number of ether oxygens (including phenoxy) is 1. The molecule has 2 aromatic rings. The first-order valence-electron chi connectivity index (χ1n) is 9.52. The van der Waals surface area contributed by atoms with Gasteiger partial charge in [0, 0.05) is 44.5 Å². The van der Waals surface area contributed by atoms with Crippen LogP contribution in [0.15, 0.2) is 48.5 Å². The van der Waals surface area contributed by atoms with Gasteiger partial charge in [0.15, 0.2) is 0 Å². The van der Waals surface area contributed by atoms with Crippen LogP contribution in [0.25, 0.3) is 0 Å². The van der Waals surface area contributed by atoms with Gasteiger partial charge in [-0.2, -0.15) is 0 Å². The van der Waals surface area contributed by atoms with E-state index in [-0.39, 0.29) is 11.9 Å². The molecule has 1 heterocycles. The average molecular weight is 367 g/mol. The number of hydrogen-bond donors (Lipinski definition) is 1. The van der Waals surface area contributed by atoms with Crippen LogP contribution >= 0.6 is 0 Å². The van der Waals surface area contributed by atoms with Gasteiger partial charge in [0.25, 0.3) is 0 Å². The van der Waals surface area contributed by atoms with Crippen LogP contribution < -0.4 is 10.1 Å². The topological polar surface area (TPSA) is 44.8 Å². The lowest BCUT2D eigenvalue weighted by Gasteiger charge is -2.37. The van der Waals surface area contributed by atoms with E-state index >= 15 is 0 Å². The molecule has 3 rings (SSSR count). The molecular formula is C22H29N3O2. The number of carbonyl (C=O) groups is 1. The Morgan fingerprint density at radius 1 is 1.11 bits per heavy atom. The number of anilines is 1. The number of nitrogens with one attached hydrogen (secondary N) is 1. The summed E-state index contributed by atoms with van der Waals surface area (Å²) in [6.07, 6.45) is 0. The lowest BCUT2D eigenvalue weighted by Crippen LogP contribution is -2.52. The van der Waals surface area contributed by atoms with Crippen LogP contribution in [0.4, 0.5) is 5.69 Å². The number of benzene rings is 2. The average Bonchev–Trinajstić information content (AvgIpc) is 2.68. The van der Waals surface area contributed by atoms with Crippen molar-refractivity contribution >= 4 is 11.6 Å². The minimum atomic E-state index is -0.155. The molecule has 1 aliphatic heterocycles. The van der Waals surface area contributed by atoms with E-state index in [9.17, 15) is 4.79 Å². The molecule has 0 aromatic heterocycles. The van der Waals surface area contributed by atoms with Gasteiger partial charge in [-0.05, 0) is 31.5 Å². The second-order valence-electron chi connectivity index (χ2n) is 7.20. The highest BCUT2D eigenvalue weighted by Gasteiger charge is 2.25. The number of methoxy groups -OCH3 is 1. The van der Waals surface area contributed by atoms with E-state index < -0.39 is 0 Å². The summed E-state index contributed by atoms with van der Waals surface area (Å²) in [5.41, 5.74) is 3.42. The molecule has 0 bridgehead atoms. The van der Waals surface area contributed by atoms with Gasteiger partial charge >= 0.3 is 0 Å². The summed E-state index contributed by atoms with van der Waals surface area (Å²) in [7, 11) is 1.62. The maximum atomic E-state index is 12.6. The molecule has 1 N–H and O–H groups in total. The molecule has 1 fully saturated rings. The molecule has 0 unspecified atom stereocenters. The number of piperazine rings is 1. The van der Waals surface area contributed by atoms with E-state index in [1.807, 2.05) is 31.2 Å². The summed E-state index contributed by atoms with van der Waals surface area (Å²) < 4.78 is 5.21. The number of amides is 1. The third-order valence-electron chi connectivity index (χ3n) is 5.16. The molecule has 5 heteroatoms. The predicted molar refractivity (Wildman–Crippen MR) is 109 cm³/mol. The monoisotopic (exact) mass is 367 g/mol. The van der Waals surface area contributed by atoms with E-state index in [1.165, 1.54) is 11.1 Å². The molecule has 27 heavy (non-hydrogen) atoms. The minimum absolute atomic E-state index is 0.0235. The molecule has 0 spiro atoms. The fourth-order valence-corrected chi connectivity index (χ4v) is 3.49. The smallest absolute Gasteiger partial charge is 0.241 e. The number of carbonyl (C=O) groups excluding carboxylic acids is 1. The standard InChI is InChI=1S/C22H29N3O2/c1-17-6-4-7-19(14-17)16-24-10-12-25(13-11-24)18(2)22(26)23-20-8-5-9-21(15-20)27-3/h4-9,14-15,18H,10-13,16H2,1-3H3,(H,23,26)/t18-/m1/s1. The Balaban J connectivity index is 1.50. The van der Waals surface area contributed by atoms with Gasteiger partial charge in [0.2, 0.25) is 5.91 Å². The molecule has 0 aliphatic carbocycles. The first kappa shape index (κ1) is 19.4. The molecule has 5 nitrogen and oxygen atoms in total. The molecule has 2 aromatic carbocycles. The van der Waals surface area contributed by atoms with E-state index in [0.717, 1.165) is 44.2 Å². The lowest BCUT2D eigenvalue weighted by molar-refractivity contribution is -0.121. The fraction of sp³-hybridized carbons (Fsp3) is 0.409. The Hall–Kier alpha value is -2.37. The van der Waals surface area contributed by atoms with Gasteiger partial charge in [-0.1, -0.05) is 35.9 Å². The van der Waals surface area contributed by atoms with Gasteiger partial charge in [0.1, 0.15) is 5.75 Å². The maximum absolute atomic E-state index is 12.6. The van der Waals surface area contributed by atoms with Crippen LogP contribution in [0.1, 0.15) is 18.1 Å². The Bertz CT molecular complexity index is 770. The van der Waals surface area contributed by atoms with Gasteiger partial charge in [-0.25, -0.2) is 0 Å². The predicted octanol–water partition coefficient (Wildman–Crippen LogP) is 3.15. The second-order valence-corrected chi connectivity index (χ2v) is 7.20. The van der Waals surface area contributed by atoms with Crippen LogP contribution in [-0.4, -0.2) is 55.0 Å². The largest absolute Gasteiger partial charge is 0.497 e. The fourth-order valence-electron chi connectivity index (χ4n) is 3.49. The molecule has 1 saturated heterocycles. The lowest BCUT2D eigenvalue weighted by atomic mass is 10.1. The Morgan fingerprint density at radius 2 is 1.85 bits per heavy atom. The summed E-state index contributed by atoms with van der Waals surface area (Å²) >= 11 is 0. The van der Waals surface area contributed by atoms with Crippen LogP contribution in [0, 0.1) is 6.92 Å². The summed E-state index contributed by atoms with van der Waals surface area (Å²) in [6.45, 7) is 8.84. The molecule has 0 radical (unpaired) electrons. The van der Waals surface area contributed by atoms with Crippen molar-refractivity contribution in [3.63, 3.8) is 0 Å². The highest BCUT2D eigenvalue weighted by atomic mass is 16.5. The van der Waals surface area contributed by atoms with Gasteiger partial charge in [-0.15, -0.1) is 0 Å². The Morgan fingerprint density at radius 3 is 2.56 bits per heavy atom. The molecule has 1 aliphatic rings. The quantitative estimate of drug-likeness (QED) is 0.852. The minimum Gasteiger partial charge on any atom is -0.497 e. The third-order valence-corrected chi connectivity index (χ3v) is 5.16. The number of nitrogens with zero attached hydrogens (tertiary/aromatic N) is 2. The van der Waals surface area contributed by atoms with Crippen LogP contribution in [-0.2, 0) is 11.3 Å². The number of hydrogen-bond acceptors (Lipinski definition) is 4.